The van der Waals surface area contributed by atoms with Crippen LogP contribution in [0.25, 0.3) is 10.2 Å². The molecule has 0 spiro atoms. The topological polar surface area (TPSA) is 37.6 Å². The molecule has 26 heavy (non-hydrogen) atoms. The van der Waals surface area contributed by atoms with Crippen LogP contribution in [0.5, 0.6) is 0 Å². The zero-order valence-electron chi connectivity index (χ0n) is 15.3. The third-order valence-electron chi connectivity index (χ3n) is 4.20. The van der Waals surface area contributed by atoms with Crippen molar-refractivity contribution in [2.75, 3.05) is 32.1 Å². The van der Waals surface area contributed by atoms with Crippen LogP contribution in [-0.2, 0) is 11.2 Å². The number of hydrogen-bond donors (Lipinski definition) is 1. The van der Waals surface area contributed by atoms with Crippen molar-refractivity contribution in [3.8, 4) is 0 Å². The number of carbonyl (C=O) groups excluding carboxylic acids is 1. The Morgan fingerprint density at radius 3 is 2.65 bits per heavy atom. The molecule has 0 aliphatic heterocycles. The number of aryl methyl sites for hydroxylation is 1. The van der Waals surface area contributed by atoms with Crippen molar-refractivity contribution in [3.05, 3.63) is 58.6 Å². The summed E-state index contributed by atoms with van der Waals surface area (Å²) in [6.07, 6.45) is 0.374. The summed E-state index contributed by atoms with van der Waals surface area (Å²) in [7, 11) is 4.17. The predicted molar refractivity (Wildman–Crippen MR) is 110 cm³/mol. The monoisotopic (exact) mass is 388 g/mol. The maximum atomic E-state index is 13.0. The van der Waals surface area contributed by atoms with Crippen molar-refractivity contribution < 1.29 is 9.69 Å². The zero-order chi connectivity index (χ0) is 18.7. The van der Waals surface area contributed by atoms with E-state index >= 15 is 0 Å². The van der Waals surface area contributed by atoms with Crippen LogP contribution in [0.2, 0.25) is 5.02 Å². The minimum Gasteiger partial charge on any atom is -0.338 e. The Bertz CT molecular complexity index is 908. The van der Waals surface area contributed by atoms with Crippen LogP contribution in [0.4, 0.5) is 5.13 Å². The Morgan fingerprint density at radius 1 is 1.23 bits per heavy atom. The van der Waals surface area contributed by atoms with Gasteiger partial charge < -0.3 is 4.90 Å². The van der Waals surface area contributed by atoms with E-state index in [1.54, 1.807) is 0 Å². The van der Waals surface area contributed by atoms with E-state index in [1.807, 2.05) is 54.3 Å². The highest BCUT2D eigenvalue weighted by atomic mass is 35.5. The van der Waals surface area contributed by atoms with E-state index in [9.17, 15) is 4.79 Å². The Kier molecular flexibility index (Phi) is 5.91. The average molecular weight is 389 g/mol. The molecule has 3 rings (SSSR count). The minimum absolute atomic E-state index is 0.0697. The van der Waals surface area contributed by atoms with Gasteiger partial charge in [-0.05, 0) is 30.2 Å². The van der Waals surface area contributed by atoms with Gasteiger partial charge in [-0.2, -0.15) is 0 Å². The molecule has 0 unspecified atom stereocenters. The normalized spacial score (nSPS) is 11.3. The van der Waals surface area contributed by atoms with Gasteiger partial charge in [-0.25, -0.2) is 4.98 Å². The Hall–Kier alpha value is -1.95. The molecule has 3 aromatic rings. The van der Waals surface area contributed by atoms with E-state index in [2.05, 4.69) is 14.1 Å². The lowest BCUT2D eigenvalue weighted by Gasteiger charge is -2.20. The molecule has 2 aromatic carbocycles. The highest BCUT2D eigenvalue weighted by Crippen LogP contribution is 2.33. The summed E-state index contributed by atoms with van der Waals surface area (Å²) < 4.78 is 1.01. The average Bonchev–Trinajstić information content (AvgIpc) is 2.99. The number of aromatic nitrogens is 1. The molecule has 0 atom stereocenters. The van der Waals surface area contributed by atoms with E-state index in [1.165, 1.54) is 16.2 Å². The van der Waals surface area contributed by atoms with Crippen LogP contribution >= 0.6 is 22.9 Å². The number of carbonyl (C=O) groups is 1. The number of halogens is 1. The summed E-state index contributed by atoms with van der Waals surface area (Å²) in [6.45, 7) is 3.49. The molecule has 0 aliphatic carbocycles. The van der Waals surface area contributed by atoms with Gasteiger partial charge in [0.2, 0.25) is 5.91 Å². The first-order chi connectivity index (χ1) is 12.4. The SMILES string of the molecule is Cc1cc(Cl)cc2sc(N(CC[NH+](C)C)C(=O)Cc3ccccc3)nc12. The fourth-order valence-corrected chi connectivity index (χ4v) is 4.25. The van der Waals surface area contributed by atoms with Gasteiger partial charge >= 0.3 is 0 Å². The van der Waals surface area contributed by atoms with Crippen molar-refractivity contribution in [2.24, 2.45) is 0 Å². The van der Waals surface area contributed by atoms with Gasteiger partial charge in [0.05, 0.1) is 43.8 Å². The number of likely N-dealkylation sites (N-methyl/N-ethyl adjacent to an activating group) is 1. The number of benzene rings is 2. The maximum absolute atomic E-state index is 13.0. The molecule has 1 heterocycles. The lowest BCUT2D eigenvalue weighted by molar-refractivity contribution is -0.856. The third kappa shape index (κ3) is 4.41. The molecule has 4 nitrogen and oxygen atoms in total. The Morgan fingerprint density at radius 2 is 1.96 bits per heavy atom. The van der Waals surface area contributed by atoms with E-state index in [0.717, 1.165) is 33.0 Å². The molecule has 0 aliphatic rings. The van der Waals surface area contributed by atoms with Gasteiger partial charge in [0.1, 0.15) is 0 Å². The molecule has 0 saturated carbocycles. The lowest BCUT2D eigenvalue weighted by Crippen LogP contribution is -3.06. The number of thiazole rings is 1. The van der Waals surface area contributed by atoms with Gasteiger partial charge in [0, 0.05) is 5.02 Å². The first-order valence-corrected chi connectivity index (χ1v) is 9.83. The number of rotatable bonds is 6. The minimum atomic E-state index is 0.0697. The second-order valence-corrected chi connectivity index (χ2v) is 8.18. The van der Waals surface area contributed by atoms with Crippen molar-refractivity contribution in [3.63, 3.8) is 0 Å². The van der Waals surface area contributed by atoms with Gasteiger partial charge in [-0.15, -0.1) is 0 Å². The fraction of sp³-hybridized carbons (Fsp3) is 0.300. The highest BCUT2D eigenvalue weighted by Gasteiger charge is 2.21. The molecule has 136 valence electrons. The fourth-order valence-electron chi connectivity index (χ4n) is 2.79. The second-order valence-electron chi connectivity index (χ2n) is 6.73. The number of nitrogens with one attached hydrogen (secondary N) is 1. The number of quaternary nitrogens is 1. The van der Waals surface area contributed by atoms with Crippen LogP contribution in [0, 0.1) is 6.92 Å². The molecule has 0 fully saturated rings. The summed E-state index contributed by atoms with van der Waals surface area (Å²) in [5.41, 5.74) is 2.97. The number of hydrogen-bond acceptors (Lipinski definition) is 3. The zero-order valence-corrected chi connectivity index (χ0v) is 16.8. The summed E-state index contributed by atoms with van der Waals surface area (Å²) in [5, 5.41) is 1.44. The maximum Gasteiger partial charge on any atom is 0.233 e. The van der Waals surface area contributed by atoms with E-state index in [-0.39, 0.29) is 5.91 Å². The van der Waals surface area contributed by atoms with Crippen LogP contribution < -0.4 is 9.80 Å². The van der Waals surface area contributed by atoms with E-state index in [0.29, 0.717) is 18.0 Å². The van der Waals surface area contributed by atoms with Crippen LogP contribution in [0.15, 0.2) is 42.5 Å². The highest BCUT2D eigenvalue weighted by molar-refractivity contribution is 7.22. The first-order valence-electron chi connectivity index (χ1n) is 8.64. The standard InChI is InChI=1S/C20H22ClN3OS/c1-14-11-16(21)13-17-19(14)22-20(26-17)24(10-9-23(2)3)18(25)12-15-7-5-4-6-8-15/h4-8,11,13H,9-10,12H2,1-3H3/p+1. The van der Waals surface area contributed by atoms with Crippen molar-refractivity contribution in [2.45, 2.75) is 13.3 Å². The van der Waals surface area contributed by atoms with Gasteiger partial charge in [-0.3, -0.25) is 9.69 Å². The number of amides is 1. The Balaban J connectivity index is 1.92. The van der Waals surface area contributed by atoms with Gasteiger partial charge in [0.25, 0.3) is 0 Å². The quantitative estimate of drug-likeness (QED) is 0.705. The summed E-state index contributed by atoms with van der Waals surface area (Å²) in [6, 6.07) is 13.7. The summed E-state index contributed by atoms with van der Waals surface area (Å²) in [4.78, 5) is 20.9. The van der Waals surface area contributed by atoms with E-state index < -0.39 is 0 Å². The summed E-state index contributed by atoms with van der Waals surface area (Å²) >= 11 is 7.70. The van der Waals surface area contributed by atoms with Gasteiger partial charge in [0.15, 0.2) is 5.13 Å². The van der Waals surface area contributed by atoms with Crippen LogP contribution in [-0.4, -0.2) is 38.1 Å². The number of anilines is 1. The van der Waals surface area contributed by atoms with Gasteiger partial charge in [-0.1, -0.05) is 53.3 Å². The van der Waals surface area contributed by atoms with Crippen LogP contribution in [0.3, 0.4) is 0 Å². The molecule has 6 heteroatoms. The number of nitrogens with zero attached hydrogens (tertiary/aromatic N) is 2. The second kappa shape index (κ2) is 8.16. The van der Waals surface area contributed by atoms with Crippen molar-refractivity contribution >= 4 is 44.2 Å². The third-order valence-corrected chi connectivity index (χ3v) is 5.45. The smallest absolute Gasteiger partial charge is 0.233 e. The molecule has 0 saturated heterocycles. The lowest BCUT2D eigenvalue weighted by atomic mass is 10.1. The number of fused-ring (bicyclic) bond motifs is 1. The molecule has 1 N–H and O–H groups in total. The molecular formula is C20H23ClN3OS+. The van der Waals surface area contributed by atoms with Crippen molar-refractivity contribution in [1.29, 1.82) is 0 Å². The molecule has 0 bridgehead atoms. The Labute approximate surface area is 163 Å². The first kappa shape index (κ1) is 18.8. The largest absolute Gasteiger partial charge is 0.338 e. The molecule has 1 aromatic heterocycles. The molecule has 1 amide bonds. The van der Waals surface area contributed by atoms with Crippen LogP contribution in [0.1, 0.15) is 11.1 Å². The van der Waals surface area contributed by atoms with E-state index in [4.69, 9.17) is 16.6 Å². The summed E-state index contributed by atoms with van der Waals surface area (Å²) in [5.74, 6) is 0.0697. The predicted octanol–water partition coefficient (Wildman–Crippen LogP) is 2.98. The molecular weight excluding hydrogens is 366 g/mol. The molecule has 0 radical (unpaired) electrons. The van der Waals surface area contributed by atoms with Crippen molar-refractivity contribution in [1.82, 2.24) is 4.98 Å².